The molecule has 3 rings (SSSR count). The van der Waals surface area contributed by atoms with Crippen LogP contribution in [0, 0.1) is 21.4 Å². The standard InChI is InChI=1S/C18H14N4O4/c1-18(14-7-5-12(10-19)6-8-14)16(23)21(17(24)20-18)11-13-3-2-4-15(9-13)22(25)26/h2-9H,11H2,1H3,(H,20,24). The summed E-state index contributed by atoms with van der Waals surface area (Å²) in [6, 6.07) is 13.6. The third-order valence-corrected chi connectivity index (χ3v) is 4.33. The van der Waals surface area contributed by atoms with E-state index in [1.165, 1.54) is 18.2 Å². The lowest BCUT2D eigenvalue weighted by Crippen LogP contribution is -2.40. The van der Waals surface area contributed by atoms with Crippen LogP contribution in [-0.2, 0) is 16.9 Å². The van der Waals surface area contributed by atoms with Gasteiger partial charge in [0.1, 0.15) is 5.54 Å². The molecular formula is C18H14N4O4. The first kappa shape index (κ1) is 17.1. The number of nitro benzene ring substituents is 1. The molecule has 1 atom stereocenters. The Bertz CT molecular complexity index is 948. The number of carbonyl (C=O) groups excluding carboxylic acids is 2. The molecule has 3 amide bonds. The van der Waals surface area contributed by atoms with Crippen molar-refractivity contribution < 1.29 is 14.5 Å². The second kappa shape index (κ2) is 6.29. The van der Waals surface area contributed by atoms with Gasteiger partial charge in [-0.25, -0.2) is 4.79 Å². The first-order valence-corrected chi connectivity index (χ1v) is 7.73. The summed E-state index contributed by atoms with van der Waals surface area (Å²) < 4.78 is 0. The van der Waals surface area contributed by atoms with E-state index < -0.39 is 22.4 Å². The van der Waals surface area contributed by atoms with Crippen LogP contribution in [0.1, 0.15) is 23.6 Å². The Hall–Kier alpha value is -3.73. The van der Waals surface area contributed by atoms with E-state index in [0.29, 0.717) is 16.7 Å². The number of benzene rings is 2. The fourth-order valence-electron chi connectivity index (χ4n) is 2.87. The van der Waals surface area contributed by atoms with Crippen molar-refractivity contribution in [2.24, 2.45) is 0 Å². The minimum Gasteiger partial charge on any atom is -0.319 e. The number of amides is 3. The molecule has 2 aromatic carbocycles. The number of nitro groups is 1. The molecule has 0 aliphatic carbocycles. The van der Waals surface area contributed by atoms with Crippen molar-refractivity contribution in [2.75, 3.05) is 0 Å². The number of nitrogens with one attached hydrogen (secondary N) is 1. The number of imide groups is 1. The molecule has 2 aromatic rings. The van der Waals surface area contributed by atoms with Crippen molar-refractivity contribution in [1.82, 2.24) is 10.2 Å². The lowest BCUT2D eigenvalue weighted by Gasteiger charge is -2.22. The quantitative estimate of drug-likeness (QED) is 0.516. The summed E-state index contributed by atoms with van der Waals surface area (Å²) in [5.41, 5.74) is 0.112. The summed E-state index contributed by atoms with van der Waals surface area (Å²) in [4.78, 5) is 36.6. The van der Waals surface area contributed by atoms with E-state index >= 15 is 0 Å². The van der Waals surface area contributed by atoms with Gasteiger partial charge in [0.15, 0.2) is 0 Å². The monoisotopic (exact) mass is 350 g/mol. The maximum atomic E-state index is 12.9. The molecule has 0 bridgehead atoms. The molecule has 1 fully saturated rings. The van der Waals surface area contributed by atoms with Gasteiger partial charge in [-0.2, -0.15) is 5.26 Å². The average molecular weight is 350 g/mol. The number of hydrogen-bond acceptors (Lipinski definition) is 5. The maximum absolute atomic E-state index is 12.9. The molecule has 1 aliphatic rings. The van der Waals surface area contributed by atoms with E-state index in [2.05, 4.69) is 5.32 Å². The molecule has 0 spiro atoms. The summed E-state index contributed by atoms with van der Waals surface area (Å²) in [5, 5.41) is 22.4. The summed E-state index contributed by atoms with van der Waals surface area (Å²) in [6.07, 6.45) is 0. The molecule has 1 N–H and O–H groups in total. The summed E-state index contributed by atoms with van der Waals surface area (Å²) >= 11 is 0. The van der Waals surface area contributed by atoms with Crippen LogP contribution < -0.4 is 5.32 Å². The van der Waals surface area contributed by atoms with Gasteiger partial charge in [0, 0.05) is 12.1 Å². The van der Waals surface area contributed by atoms with E-state index in [9.17, 15) is 19.7 Å². The zero-order valence-electron chi connectivity index (χ0n) is 13.8. The van der Waals surface area contributed by atoms with Crippen LogP contribution in [0.5, 0.6) is 0 Å². The minimum atomic E-state index is -1.26. The molecule has 1 saturated heterocycles. The van der Waals surface area contributed by atoms with Gasteiger partial charge < -0.3 is 5.32 Å². The van der Waals surface area contributed by atoms with E-state index in [4.69, 9.17) is 5.26 Å². The Labute approximate surface area is 148 Å². The molecule has 0 saturated carbocycles. The average Bonchev–Trinajstić information content (AvgIpc) is 2.86. The predicted octanol–water partition coefficient (Wildman–Crippen LogP) is 2.43. The number of nitrogens with zero attached hydrogens (tertiary/aromatic N) is 3. The molecule has 1 aliphatic heterocycles. The first-order chi connectivity index (χ1) is 12.3. The second-order valence-corrected chi connectivity index (χ2v) is 6.06. The molecule has 0 aromatic heterocycles. The SMILES string of the molecule is CC1(c2ccc(C#N)cc2)NC(=O)N(Cc2cccc([N+](=O)[O-])c2)C1=O. The van der Waals surface area contributed by atoms with Gasteiger partial charge in [-0.05, 0) is 30.2 Å². The van der Waals surface area contributed by atoms with E-state index in [1.807, 2.05) is 6.07 Å². The number of non-ortho nitro benzene ring substituents is 1. The van der Waals surface area contributed by atoms with Crippen LogP contribution >= 0.6 is 0 Å². The predicted molar refractivity (Wildman–Crippen MR) is 90.7 cm³/mol. The Morgan fingerprint density at radius 2 is 1.92 bits per heavy atom. The lowest BCUT2D eigenvalue weighted by molar-refractivity contribution is -0.384. The highest BCUT2D eigenvalue weighted by molar-refractivity contribution is 6.07. The van der Waals surface area contributed by atoms with Gasteiger partial charge in [-0.15, -0.1) is 0 Å². The Morgan fingerprint density at radius 3 is 2.54 bits per heavy atom. The van der Waals surface area contributed by atoms with Crippen LogP contribution in [0.4, 0.5) is 10.5 Å². The highest BCUT2D eigenvalue weighted by atomic mass is 16.6. The van der Waals surface area contributed by atoms with Crippen LogP contribution in [0.25, 0.3) is 0 Å². The second-order valence-electron chi connectivity index (χ2n) is 6.06. The zero-order valence-corrected chi connectivity index (χ0v) is 13.8. The topological polar surface area (TPSA) is 116 Å². The van der Waals surface area contributed by atoms with Crippen molar-refractivity contribution in [3.05, 3.63) is 75.3 Å². The van der Waals surface area contributed by atoms with Crippen LogP contribution in [-0.4, -0.2) is 21.8 Å². The van der Waals surface area contributed by atoms with Gasteiger partial charge >= 0.3 is 6.03 Å². The van der Waals surface area contributed by atoms with Gasteiger partial charge in [0.2, 0.25) is 0 Å². The molecule has 8 nitrogen and oxygen atoms in total. The van der Waals surface area contributed by atoms with E-state index in [-0.39, 0.29) is 12.2 Å². The summed E-state index contributed by atoms with van der Waals surface area (Å²) in [6.45, 7) is 1.51. The van der Waals surface area contributed by atoms with Crippen molar-refractivity contribution in [1.29, 1.82) is 5.26 Å². The Kier molecular flexibility index (Phi) is 4.14. The summed E-state index contributed by atoms with van der Waals surface area (Å²) in [7, 11) is 0. The van der Waals surface area contributed by atoms with E-state index in [0.717, 1.165) is 4.90 Å². The third kappa shape index (κ3) is 2.86. The molecular weight excluding hydrogens is 336 g/mol. The highest BCUT2D eigenvalue weighted by Crippen LogP contribution is 2.30. The van der Waals surface area contributed by atoms with E-state index in [1.54, 1.807) is 37.3 Å². The van der Waals surface area contributed by atoms with Gasteiger partial charge in [-0.1, -0.05) is 24.3 Å². The zero-order chi connectivity index (χ0) is 18.9. The fraction of sp³-hybridized carbons (Fsp3) is 0.167. The lowest BCUT2D eigenvalue weighted by atomic mass is 9.91. The van der Waals surface area contributed by atoms with Crippen molar-refractivity contribution in [3.63, 3.8) is 0 Å². The van der Waals surface area contributed by atoms with Crippen molar-refractivity contribution in [3.8, 4) is 6.07 Å². The smallest absolute Gasteiger partial charge is 0.319 e. The number of urea groups is 1. The van der Waals surface area contributed by atoms with Crippen LogP contribution in [0.2, 0.25) is 0 Å². The number of rotatable bonds is 4. The molecule has 1 unspecified atom stereocenters. The fourth-order valence-corrected chi connectivity index (χ4v) is 2.87. The maximum Gasteiger partial charge on any atom is 0.325 e. The molecule has 8 heteroatoms. The largest absolute Gasteiger partial charge is 0.325 e. The van der Waals surface area contributed by atoms with Gasteiger partial charge in [0.05, 0.1) is 23.1 Å². The van der Waals surface area contributed by atoms with Crippen LogP contribution in [0.3, 0.4) is 0 Å². The van der Waals surface area contributed by atoms with Crippen LogP contribution in [0.15, 0.2) is 48.5 Å². The highest BCUT2D eigenvalue weighted by Gasteiger charge is 2.48. The number of carbonyl (C=O) groups is 2. The molecule has 26 heavy (non-hydrogen) atoms. The van der Waals surface area contributed by atoms with Gasteiger partial charge in [0.25, 0.3) is 11.6 Å². The summed E-state index contributed by atoms with van der Waals surface area (Å²) in [5.74, 6) is -0.460. The number of hydrogen-bond donors (Lipinski definition) is 1. The first-order valence-electron chi connectivity index (χ1n) is 7.73. The van der Waals surface area contributed by atoms with Crippen molar-refractivity contribution in [2.45, 2.75) is 19.0 Å². The molecule has 1 heterocycles. The van der Waals surface area contributed by atoms with Gasteiger partial charge in [-0.3, -0.25) is 19.8 Å². The normalized spacial score (nSPS) is 19.2. The Balaban J connectivity index is 1.87. The number of nitriles is 1. The third-order valence-electron chi connectivity index (χ3n) is 4.33. The minimum absolute atomic E-state index is 0.0712. The molecule has 0 radical (unpaired) electrons. The van der Waals surface area contributed by atoms with Crippen molar-refractivity contribution >= 4 is 17.6 Å². The Morgan fingerprint density at radius 1 is 1.23 bits per heavy atom. The molecule has 130 valence electrons.